The molecule has 1 heteroatoms. The molecule has 2 aromatic carbocycles. The molecule has 0 spiro atoms. The van der Waals surface area contributed by atoms with Gasteiger partial charge < -0.3 is 5.73 Å². The molecule has 1 unspecified atom stereocenters. The van der Waals surface area contributed by atoms with Gasteiger partial charge in [0.25, 0.3) is 0 Å². The van der Waals surface area contributed by atoms with E-state index >= 15 is 0 Å². The molecule has 0 aliphatic rings. The monoisotopic (exact) mass is 253 g/mol. The van der Waals surface area contributed by atoms with Crippen LogP contribution in [0.15, 0.2) is 42.5 Å². The molecule has 0 heterocycles. The zero-order valence-electron chi connectivity index (χ0n) is 12.1. The minimum absolute atomic E-state index is 0.404. The van der Waals surface area contributed by atoms with Crippen LogP contribution in [0.25, 0.3) is 0 Å². The van der Waals surface area contributed by atoms with Crippen molar-refractivity contribution in [2.75, 3.05) is 6.54 Å². The summed E-state index contributed by atoms with van der Waals surface area (Å²) in [5.41, 5.74) is 12.8. The number of aryl methyl sites for hydroxylation is 3. The van der Waals surface area contributed by atoms with E-state index in [1.54, 1.807) is 0 Å². The Hall–Kier alpha value is -1.60. The van der Waals surface area contributed by atoms with Crippen LogP contribution < -0.4 is 5.73 Å². The van der Waals surface area contributed by atoms with E-state index < -0.39 is 0 Å². The molecule has 19 heavy (non-hydrogen) atoms. The first-order chi connectivity index (χ1) is 9.11. The SMILES string of the molecule is Cc1ccc(C)c(CC(CN)c2ccccc2C)c1. The van der Waals surface area contributed by atoms with E-state index in [9.17, 15) is 0 Å². The lowest BCUT2D eigenvalue weighted by molar-refractivity contribution is 0.687. The predicted octanol–water partition coefficient (Wildman–Crippen LogP) is 3.90. The third-order valence-electron chi connectivity index (χ3n) is 3.88. The summed E-state index contributed by atoms with van der Waals surface area (Å²) in [5.74, 6) is 0.404. The summed E-state index contributed by atoms with van der Waals surface area (Å²) >= 11 is 0. The van der Waals surface area contributed by atoms with Crippen LogP contribution in [0.5, 0.6) is 0 Å². The third-order valence-corrected chi connectivity index (χ3v) is 3.88. The molecule has 100 valence electrons. The average molecular weight is 253 g/mol. The molecular weight excluding hydrogens is 230 g/mol. The number of nitrogens with two attached hydrogens (primary N) is 1. The van der Waals surface area contributed by atoms with Gasteiger partial charge in [-0.3, -0.25) is 0 Å². The molecule has 0 saturated heterocycles. The fourth-order valence-electron chi connectivity index (χ4n) is 2.65. The van der Waals surface area contributed by atoms with E-state index in [2.05, 4.69) is 63.2 Å². The Bertz CT molecular complexity index is 557. The van der Waals surface area contributed by atoms with Gasteiger partial charge in [0.2, 0.25) is 0 Å². The molecule has 1 atom stereocenters. The van der Waals surface area contributed by atoms with E-state index in [4.69, 9.17) is 5.73 Å². The minimum atomic E-state index is 0.404. The molecule has 0 aromatic heterocycles. The number of rotatable bonds is 4. The molecule has 0 amide bonds. The van der Waals surface area contributed by atoms with Crippen molar-refractivity contribution in [1.29, 1.82) is 0 Å². The Labute approximate surface area is 116 Å². The first-order valence-electron chi connectivity index (χ1n) is 6.93. The minimum Gasteiger partial charge on any atom is -0.330 e. The maximum absolute atomic E-state index is 6.01. The highest BCUT2D eigenvalue weighted by atomic mass is 14.5. The lowest BCUT2D eigenvalue weighted by Gasteiger charge is -2.19. The van der Waals surface area contributed by atoms with Gasteiger partial charge in [0.15, 0.2) is 0 Å². The largest absolute Gasteiger partial charge is 0.330 e. The van der Waals surface area contributed by atoms with E-state index in [1.165, 1.54) is 27.8 Å². The van der Waals surface area contributed by atoms with Crippen LogP contribution in [0, 0.1) is 20.8 Å². The Morgan fingerprint density at radius 1 is 0.947 bits per heavy atom. The molecule has 0 saturated carbocycles. The Kier molecular flexibility index (Phi) is 4.39. The van der Waals surface area contributed by atoms with E-state index in [-0.39, 0.29) is 0 Å². The summed E-state index contributed by atoms with van der Waals surface area (Å²) in [6.07, 6.45) is 1.02. The molecule has 0 aliphatic heterocycles. The molecule has 0 radical (unpaired) electrons. The highest BCUT2D eigenvalue weighted by Crippen LogP contribution is 2.25. The van der Waals surface area contributed by atoms with Gasteiger partial charge >= 0.3 is 0 Å². The van der Waals surface area contributed by atoms with Gasteiger partial charge in [0.05, 0.1) is 0 Å². The predicted molar refractivity (Wildman–Crippen MR) is 82.6 cm³/mol. The second kappa shape index (κ2) is 6.03. The molecule has 2 aromatic rings. The van der Waals surface area contributed by atoms with E-state index in [1.807, 2.05) is 0 Å². The summed E-state index contributed by atoms with van der Waals surface area (Å²) in [4.78, 5) is 0. The summed E-state index contributed by atoms with van der Waals surface area (Å²) < 4.78 is 0. The zero-order valence-corrected chi connectivity index (χ0v) is 12.1. The fourth-order valence-corrected chi connectivity index (χ4v) is 2.65. The molecule has 2 rings (SSSR count). The van der Waals surface area contributed by atoms with Gasteiger partial charge in [0.1, 0.15) is 0 Å². The van der Waals surface area contributed by atoms with Gasteiger partial charge in [-0.05, 0) is 56.0 Å². The topological polar surface area (TPSA) is 26.0 Å². The average Bonchev–Trinajstić information content (AvgIpc) is 2.41. The second-order valence-electron chi connectivity index (χ2n) is 5.42. The van der Waals surface area contributed by atoms with Gasteiger partial charge in [-0.2, -0.15) is 0 Å². The van der Waals surface area contributed by atoms with Crippen LogP contribution in [0.2, 0.25) is 0 Å². The third kappa shape index (κ3) is 3.24. The summed E-state index contributed by atoms with van der Waals surface area (Å²) in [7, 11) is 0. The van der Waals surface area contributed by atoms with Gasteiger partial charge in [-0.1, -0.05) is 48.0 Å². The molecule has 0 bridgehead atoms. The Morgan fingerprint density at radius 3 is 2.37 bits per heavy atom. The van der Waals surface area contributed by atoms with Crippen LogP contribution in [-0.4, -0.2) is 6.54 Å². The number of hydrogen-bond acceptors (Lipinski definition) is 1. The van der Waals surface area contributed by atoms with Crippen molar-refractivity contribution in [3.05, 3.63) is 70.3 Å². The lowest BCUT2D eigenvalue weighted by Crippen LogP contribution is -2.16. The van der Waals surface area contributed by atoms with Crippen LogP contribution in [0.1, 0.15) is 33.7 Å². The lowest BCUT2D eigenvalue weighted by atomic mass is 9.87. The molecule has 0 fully saturated rings. The van der Waals surface area contributed by atoms with E-state index in [0.29, 0.717) is 12.5 Å². The number of benzene rings is 2. The van der Waals surface area contributed by atoms with Crippen molar-refractivity contribution in [3.8, 4) is 0 Å². The normalized spacial score (nSPS) is 12.4. The Balaban J connectivity index is 2.29. The fraction of sp³-hybridized carbons (Fsp3) is 0.333. The molecule has 2 N–H and O–H groups in total. The van der Waals surface area contributed by atoms with Crippen molar-refractivity contribution in [3.63, 3.8) is 0 Å². The maximum atomic E-state index is 6.01. The van der Waals surface area contributed by atoms with Crippen molar-refractivity contribution in [2.24, 2.45) is 5.73 Å². The standard InChI is InChI=1S/C18H23N/c1-13-8-9-14(2)16(10-13)11-17(12-19)18-7-5-4-6-15(18)3/h4-10,17H,11-12,19H2,1-3H3. The van der Waals surface area contributed by atoms with Crippen LogP contribution >= 0.6 is 0 Å². The van der Waals surface area contributed by atoms with Crippen molar-refractivity contribution < 1.29 is 0 Å². The number of hydrogen-bond donors (Lipinski definition) is 1. The first-order valence-corrected chi connectivity index (χ1v) is 6.93. The summed E-state index contributed by atoms with van der Waals surface area (Å²) in [6, 6.07) is 15.2. The van der Waals surface area contributed by atoms with Crippen LogP contribution in [0.4, 0.5) is 0 Å². The van der Waals surface area contributed by atoms with Gasteiger partial charge in [-0.25, -0.2) is 0 Å². The Morgan fingerprint density at radius 2 is 1.68 bits per heavy atom. The van der Waals surface area contributed by atoms with Crippen molar-refractivity contribution >= 4 is 0 Å². The smallest absolute Gasteiger partial charge is 0.000429 e. The molecular formula is C18H23N. The summed E-state index contributed by atoms with van der Waals surface area (Å²) in [5, 5.41) is 0. The van der Waals surface area contributed by atoms with Gasteiger partial charge in [-0.15, -0.1) is 0 Å². The van der Waals surface area contributed by atoms with Crippen molar-refractivity contribution in [1.82, 2.24) is 0 Å². The van der Waals surface area contributed by atoms with Crippen molar-refractivity contribution in [2.45, 2.75) is 33.1 Å². The van der Waals surface area contributed by atoms with Crippen LogP contribution in [-0.2, 0) is 6.42 Å². The quantitative estimate of drug-likeness (QED) is 0.878. The first kappa shape index (κ1) is 13.8. The zero-order chi connectivity index (χ0) is 13.8. The summed E-state index contributed by atoms with van der Waals surface area (Å²) in [6.45, 7) is 7.19. The molecule has 1 nitrogen and oxygen atoms in total. The van der Waals surface area contributed by atoms with E-state index in [0.717, 1.165) is 6.42 Å². The highest BCUT2D eigenvalue weighted by Gasteiger charge is 2.13. The van der Waals surface area contributed by atoms with Gasteiger partial charge in [0, 0.05) is 5.92 Å². The highest BCUT2D eigenvalue weighted by molar-refractivity contribution is 5.35. The van der Waals surface area contributed by atoms with Crippen LogP contribution in [0.3, 0.4) is 0 Å². The second-order valence-corrected chi connectivity index (χ2v) is 5.42. The maximum Gasteiger partial charge on any atom is 0.000429 e. The molecule has 0 aliphatic carbocycles.